The average molecular weight is 467 g/mol. The van der Waals surface area contributed by atoms with Crippen LogP contribution in [0.3, 0.4) is 0 Å². The van der Waals surface area contributed by atoms with Gasteiger partial charge in [0.2, 0.25) is 0 Å². The highest BCUT2D eigenvalue weighted by Crippen LogP contribution is 2.18. The number of hydrogen-bond acceptors (Lipinski definition) is 4. The highest BCUT2D eigenvalue weighted by molar-refractivity contribution is 14.0. The molecule has 0 aromatic carbocycles. The predicted molar refractivity (Wildman–Crippen MR) is 116 cm³/mol. The standard InChI is InChI=1S/C18H37N5O.HI/c1-4-19-18(20-8-5-17-6-9-22(3)10-7-17)21-15-16(2)23-11-13-24-14-12-23;/h16-17H,4-15H2,1-3H3,(H2,19,20,21);1H. The number of nitrogens with zero attached hydrogens (tertiary/aromatic N) is 3. The maximum atomic E-state index is 5.43. The van der Waals surface area contributed by atoms with E-state index >= 15 is 0 Å². The Balaban J connectivity index is 0.00000312. The Morgan fingerprint density at radius 3 is 2.48 bits per heavy atom. The highest BCUT2D eigenvalue weighted by Gasteiger charge is 2.17. The lowest BCUT2D eigenvalue weighted by Gasteiger charge is -2.31. The lowest BCUT2D eigenvalue weighted by Crippen LogP contribution is -2.44. The van der Waals surface area contributed by atoms with Gasteiger partial charge in [0.1, 0.15) is 0 Å². The monoisotopic (exact) mass is 467 g/mol. The highest BCUT2D eigenvalue weighted by atomic mass is 127. The van der Waals surface area contributed by atoms with Crippen LogP contribution in [0.15, 0.2) is 4.99 Å². The van der Waals surface area contributed by atoms with Gasteiger partial charge in [-0.2, -0.15) is 0 Å². The van der Waals surface area contributed by atoms with E-state index in [1.165, 1.54) is 32.4 Å². The van der Waals surface area contributed by atoms with Crippen LogP contribution in [0.5, 0.6) is 0 Å². The summed E-state index contributed by atoms with van der Waals surface area (Å²) in [5.41, 5.74) is 0. The maximum Gasteiger partial charge on any atom is 0.191 e. The molecule has 0 saturated carbocycles. The van der Waals surface area contributed by atoms with E-state index in [1.54, 1.807) is 0 Å². The quantitative estimate of drug-likeness (QED) is 0.339. The Morgan fingerprint density at radius 1 is 1.16 bits per heavy atom. The second-order valence-electron chi connectivity index (χ2n) is 7.18. The number of ether oxygens (including phenoxy) is 1. The van der Waals surface area contributed by atoms with Gasteiger partial charge in [0.05, 0.1) is 19.8 Å². The van der Waals surface area contributed by atoms with Crippen LogP contribution in [0.25, 0.3) is 0 Å². The van der Waals surface area contributed by atoms with Gasteiger partial charge in [0, 0.05) is 32.2 Å². The molecule has 1 atom stereocenters. The molecule has 148 valence electrons. The Kier molecular flexibility index (Phi) is 12.0. The third kappa shape index (κ3) is 8.88. The number of morpholine rings is 1. The molecule has 0 bridgehead atoms. The first-order chi connectivity index (χ1) is 11.7. The van der Waals surface area contributed by atoms with E-state index in [0.717, 1.165) is 57.8 Å². The molecule has 25 heavy (non-hydrogen) atoms. The topological polar surface area (TPSA) is 52.1 Å². The second-order valence-corrected chi connectivity index (χ2v) is 7.18. The maximum absolute atomic E-state index is 5.43. The Bertz CT molecular complexity index is 368. The molecule has 7 heteroatoms. The van der Waals surface area contributed by atoms with Crippen LogP contribution in [-0.4, -0.2) is 87.9 Å². The number of rotatable bonds is 7. The molecule has 0 aliphatic carbocycles. The van der Waals surface area contributed by atoms with Crippen molar-refractivity contribution in [3.63, 3.8) is 0 Å². The van der Waals surface area contributed by atoms with Crippen LogP contribution in [0, 0.1) is 5.92 Å². The van der Waals surface area contributed by atoms with Crippen molar-refractivity contribution in [1.29, 1.82) is 0 Å². The zero-order valence-electron chi connectivity index (χ0n) is 16.3. The Morgan fingerprint density at radius 2 is 1.84 bits per heavy atom. The molecule has 0 aromatic heterocycles. The molecule has 2 N–H and O–H groups in total. The smallest absolute Gasteiger partial charge is 0.191 e. The van der Waals surface area contributed by atoms with Crippen LogP contribution in [-0.2, 0) is 4.74 Å². The lowest BCUT2D eigenvalue weighted by atomic mass is 9.94. The summed E-state index contributed by atoms with van der Waals surface area (Å²) >= 11 is 0. The van der Waals surface area contributed by atoms with E-state index < -0.39 is 0 Å². The van der Waals surface area contributed by atoms with Gasteiger partial charge in [0.15, 0.2) is 5.96 Å². The zero-order valence-corrected chi connectivity index (χ0v) is 18.6. The lowest BCUT2D eigenvalue weighted by molar-refractivity contribution is 0.0220. The van der Waals surface area contributed by atoms with Crippen LogP contribution >= 0.6 is 24.0 Å². The van der Waals surface area contributed by atoms with Crippen LogP contribution in [0.4, 0.5) is 0 Å². The van der Waals surface area contributed by atoms with E-state index in [-0.39, 0.29) is 24.0 Å². The number of piperidine rings is 1. The van der Waals surface area contributed by atoms with Crippen LogP contribution in [0.1, 0.15) is 33.1 Å². The van der Waals surface area contributed by atoms with Crippen molar-refractivity contribution in [2.24, 2.45) is 10.9 Å². The third-order valence-electron chi connectivity index (χ3n) is 5.21. The van der Waals surface area contributed by atoms with Crippen LogP contribution in [0.2, 0.25) is 0 Å². The summed E-state index contributed by atoms with van der Waals surface area (Å²) in [4.78, 5) is 9.69. The van der Waals surface area contributed by atoms with Crippen molar-refractivity contribution < 1.29 is 4.74 Å². The minimum Gasteiger partial charge on any atom is -0.379 e. The molecule has 0 amide bonds. The van der Waals surface area contributed by atoms with E-state index in [4.69, 9.17) is 9.73 Å². The van der Waals surface area contributed by atoms with E-state index in [2.05, 4.69) is 41.3 Å². The fraction of sp³-hybridized carbons (Fsp3) is 0.944. The fourth-order valence-electron chi connectivity index (χ4n) is 3.44. The first kappa shape index (κ1) is 22.9. The van der Waals surface area contributed by atoms with E-state index in [0.29, 0.717) is 6.04 Å². The first-order valence-electron chi connectivity index (χ1n) is 9.71. The van der Waals surface area contributed by atoms with Gasteiger partial charge in [-0.3, -0.25) is 9.89 Å². The van der Waals surface area contributed by atoms with E-state index in [9.17, 15) is 0 Å². The molecule has 1 unspecified atom stereocenters. The summed E-state index contributed by atoms with van der Waals surface area (Å²) in [5.74, 6) is 1.83. The minimum atomic E-state index is 0. The first-order valence-corrected chi connectivity index (χ1v) is 9.71. The molecule has 2 aliphatic heterocycles. The molecule has 6 nitrogen and oxygen atoms in total. The Labute approximate surface area is 171 Å². The molecular formula is C18H38IN5O. The van der Waals surface area contributed by atoms with Gasteiger partial charge < -0.3 is 20.3 Å². The third-order valence-corrected chi connectivity index (χ3v) is 5.21. The summed E-state index contributed by atoms with van der Waals surface area (Å²) in [7, 11) is 2.22. The Hall–Kier alpha value is -0.120. The number of aliphatic imine (C=N–C) groups is 1. The zero-order chi connectivity index (χ0) is 17.2. The van der Waals surface area contributed by atoms with Crippen LogP contribution < -0.4 is 10.6 Å². The second kappa shape index (κ2) is 13.1. The minimum absolute atomic E-state index is 0. The van der Waals surface area contributed by atoms with Crippen molar-refractivity contribution in [2.75, 3.05) is 66.1 Å². The fourth-order valence-corrected chi connectivity index (χ4v) is 3.44. The number of hydrogen-bond donors (Lipinski definition) is 2. The van der Waals surface area contributed by atoms with Crippen molar-refractivity contribution in [2.45, 2.75) is 39.2 Å². The summed E-state index contributed by atoms with van der Waals surface area (Å²) in [6.45, 7) is 13.4. The van der Waals surface area contributed by atoms with Gasteiger partial charge in [-0.15, -0.1) is 24.0 Å². The largest absolute Gasteiger partial charge is 0.379 e. The van der Waals surface area contributed by atoms with Gasteiger partial charge in [-0.1, -0.05) is 0 Å². The molecule has 2 heterocycles. The number of guanidine groups is 1. The normalized spacial score (nSPS) is 22.3. The number of likely N-dealkylation sites (tertiary alicyclic amines) is 1. The summed E-state index contributed by atoms with van der Waals surface area (Å²) < 4.78 is 5.43. The van der Waals surface area contributed by atoms with Crippen molar-refractivity contribution in [3.05, 3.63) is 0 Å². The molecule has 0 spiro atoms. The van der Waals surface area contributed by atoms with Crippen molar-refractivity contribution in [1.82, 2.24) is 20.4 Å². The number of nitrogens with one attached hydrogen (secondary N) is 2. The molecule has 0 aromatic rings. The molecule has 2 rings (SSSR count). The molecule has 2 aliphatic rings. The van der Waals surface area contributed by atoms with Gasteiger partial charge in [0.25, 0.3) is 0 Å². The molecule has 2 fully saturated rings. The molecule has 2 saturated heterocycles. The van der Waals surface area contributed by atoms with Gasteiger partial charge >= 0.3 is 0 Å². The number of halogens is 1. The summed E-state index contributed by atoms with van der Waals surface area (Å²) in [6, 6.07) is 0.471. The van der Waals surface area contributed by atoms with Crippen molar-refractivity contribution >= 4 is 29.9 Å². The molecule has 0 radical (unpaired) electrons. The average Bonchev–Trinajstić information content (AvgIpc) is 2.62. The van der Waals surface area contributed by atoms with Gasteiger partial charge in [-0.05, 0) is 59.2 Å². The SMILES string of the molecule is CCNC(=NCC(C)N1CCOCC1)NCCC1CCN(C)CC1.I. The van der Waals surface area contributed by atoms with Gasteiger partial charge in [-0.25, -0.2) is 0 Å². The van der Waals surface area contributed by atoms with E-state index in [1.807, 2.05) is 0 Å². The summed E-state index contributed by atoms with van der Waals surface area (Å²) in [6.07, 6.45) is 3.91. The predicted octanol–water partition coefficient (Wildman–Crippen LogP) is 1.61. The van der Waals surface area contributed by atoms with Crippen molar-refractivity contribution in [3.8, 4) is 0 Å². The summed E-state index contributed by atoms with van der Waals surface area (Å²) in [5, 5.41) is 6.89. The molecular weight excluding hydrogens is 429 g/mol.